The lowest BCUT2D eigenvalue weighted by Crippen LogP contribution is -2.38. The Morgan fingerprint density at radius 3 is 1.91 bits per heavy atom. The molecule has 0 bridgehead atoms. The molecule has 0 spiro atoms. The maximum atomic E-state index is 10.4. The number of likely N-dealkylation sites (N-methyl/N-ethyl adjacent to an activating group) is 1. The summed E-state index contributed by atoms with van der Waals surface area (Å²) in [6, 6.07) is -0.352. The van der Waals surface area contributed by atoms with Crippen LogP contribution in [-0.2, 0) is 4.79 Å². The molecule has 0 aromatic rings. The minimum absolute atomic E-state index is 0. The number of nitrogens with zero attached hydrogens (tertiary/aromatic N) is 1. The minimum atomic E-state index is -0.747. The van der Waals surface area contributed by atoms with Crippen LogP contribution < -0.4 is 0 Å². The first-order valence-electron chi connectivity index (χ1n) is 3.60. The lowest BCUT2D eigenvalue weighted by atomic mass is 10.3. The Morgan fingerprint density at radius 2 is 1.82 bits per heavy atom. The van der Waals surface area contributed by atoms with Gasteiger partial charge >= 0.3 is 5.97 Å². The Balaban J connectivity index is 0. The fraction of sp³-hybridized carbons (Fsp3) is 0.857. The van der Waals surface area contributed by atoms with Gasteiger partial charge in [0.05, 0.1) is 0 Å². The average Bonchev–Trinajstić information content (AvgIpc) is 1.90. The van der Waals surface area contributed by atoms with Gasteiger partial charge in [-0.15, -0.1) is 12.4 Å². The Labute approximate surface area is 73.8 Å². The molecule has 68 valence electrons. The topological polar surface area (TPSA) is 40.5 Å². The maximum Gasteiger partial charge on any atom is 0.320 e. The summed E-state index contributed by atoms with van der Waals surface area (Å²) in [4.78, 5) is 12.3. The van der Waals surface area contributed by atoms with Gasteiger partial charge in [0.2, 0.25) is 0 Å². The van der Waals surface area contributed by atoms with E-state index < -0.39 is 5.97 Å². The van der Waals surface area contributed by atoms with Crippen molar-refractivity contribution in [2.45, 2.75) is 26.8 Å². The molecule has 0 amide bonds. The summed E-state index contributed by atoms with van der Waals surface area (Å²) in [6.45, 7) is 7.22. The lowest BCUT2D eigenvalue weighted by molar-refractivity contribution is -0.142. The van der Waals surface area contributed by atoms with Crippen molar-refractivity contribution in [1.29, 1.82) is 0 Å². The van der Waals surface area contributed by atoms with Crippen molar-refractivity contribution in [3.8, 4) is 0 Å². The van der Waals surface area contributed by atoms with Gasteiger partial charge in [-0.1, -0.05) is 13.8 Å². The van der Waals surface area contributed by atoms with Gasteiger partial charge < -0.3 is 5.11 Å². The number of carboxylic acids is 1. The molecule has 0 saturated carbocycles. The van der Waals surface area contributed by atoms with Gasteiger partial charge in [0.1, 0.15) is 6.04 Å². The van der Waals surface area contributed by atoms with Gasteiger partial charge in [-0.2, -0.15) is 0 Å². The molecular weight excluding hydrogens is 166 g/mol. The normalized spacial score (nSPS) is 12.4. The van der Waals surface area contributed by atoms with Crippen molar-refractivity contribution in [2.75, 3.05) is 13.1 Å². The molecule has 11 heavy (non-hydrogen) atoms. The zero-order chi connectivity index (χ0) is 8.15. The van der Waals surface area contributed by atoms with Crippen molar-refractivity contribution < 1.29 is 9.90 Å². The highest BCUT2D eigenvalue weighted by Crippen LogP contribution is 1.96. The molecule has 0 radical (unpaired) electrons. The van der Waals surface area contributed by atoms with Crippen molar-refractivity contribution in [3.05, 3.63) is 0 Å². The van der Waals surface area contributed by atoms with E-state index in [4.69, 9.17) is 5.11 Å². The van der Waals surface area contributed by atoms with E-state index in [1.807, 2.05) is 18.7 Å². The van der Waals surface area contributed by atoms with Gasteiger partial charge in [0.25, 0.3) is 0 Å². The van der Waals surface area contributed by atoms with E-state index >= 15 is 0 Å². The molecule has 0 aliphatic rings. The predicted molar refractivity (Wildman–Crippen MR) is 47.3 cm³/mol. The van der Waals surface area contributed by atoms with Crippen LogP contribution in [0.2, 0.25) is 0 Å². The Bertz CT molecular complexity index is 115. The summed E-state index contributed by atoms with van der Waals surface area (Å²) in [5.74, 6) is -0.747. The van der Waals surface area contributed by atoms with E-state index in [1.54, 1.807) is 6.92 Å². The smallest absolute Gasteiger partial charge is 0.320 e. The largest absolute Gasteiger partial charge is 0.480 e. The fourth-order valence-corrected chi connectivity index (χ4v) is 0.928. The van der Waals surface area contributed by atoms with E-state index in [0.717, 1.165) is 13.1 Å². The molecular formula is C7H16ClNO2. The molecule has 0 aliphatic carbocycles. The number of rotatable bonds is 4. The van der Waals surface area contributed by atoms with Gasteiger partial charge in [0.15, 0.2) is 0 Å². The molecule has 1 atom stereocenters. The van der Waals surface area contributed by atoms with Crippen LogP contribution >= 0.6 is 12.4 Å². The molecule has 0 fully saturated rings. The monoisotopic (exact) mass is 181 g/mol. The van der Waals surface area contributed by atoms with Crippen LogP contribution in [0.1, 0.15) is 20.8 Å². The second kappa shape index (κ2) is 6.43. The van der Waals surface area contributed by atoms with Crippen molar-refractivity contribution in [2.24, 2.45) is 0 Å². The van der Waals surface area contributed by atoms with E-state index in [9.17, 15) is 4.79 Å². The molecule has 0 aromatic carbocycles. The third-order valence-electron chi connectivity index (χ3n) is 1.72. The second-order valence-electron chi connectivity index (χ2n) is 2.24. The summed E-state index contributed by atoms with van der Waals surface area (Å²) in [6.07, 6.45) is 0. The maximum absolute atomic E-state index is 10.4. The number of hydrogen-bond donors (Lipinski definition) is 1. The molecule has 1 N–H and O–H groups in total. The third kappa shape index (κ3) is 4.22. The van der Waals surface area contributed by atoms with Crippen molar-refractivity contribution in [1.82, 2.24) is 4.90 Å². The summed E-state index contributed by atoms with van der Waals surface area (Å²) >= 11 is 0. The summed E-state index contributed by atoms with van der Waals surface area (Å²) in [5.41, 5.74) is 0. The van der Waals surface area contributed by atoms with E-state index in [2.05, 4.69) is 0 Å². The molecule has 4 heteroatoms. The SMILES string of the molecule is CCN(CC)C(C)C(=O)O.Cl. The quantitative estimate of drug-likeness (QED) is 0.709. The van der Waals surface area contributed by atoms with Crippen LogP contribution in [0.3, 0.4) is 0 Å². The standard InChI is InChI=1S/C7H15NO2.ClH/c1-4-8(5-2)6(3)7(9)10;/h6H,4-5H2,1-3H3,(H,9,10);1H. The molecule has 0 rings (SSSR count). The van der Waals surface area contributed by atoms with Gasteiger partial charge in [0, 0.05) is 0 Å². The van der Waals surface area contributed by atoms with Crippen LogP contribution in [-0.4, -0.2) is 35.1 Å². The molecule has 3 nitrogen and oxygen atoms in total. The minimum Gasteiger partial charge on any atom is -0.480 e. The van der Waals surface area contributed by atoms with Crippen LogP contribution in [0.4, 0.5) is 0 Å². The average molecular weight is 182 g/mol. The first kappa shape index (κ1) is 13.3. The summed E-state index contributed by atoms with van der Waals surface area (Å²) in [5, 5.41) is 8.57. The van der Waals surface area contributed by atoms with E-state index in [1.165, 1.54) is 0 Å². The van der Waals surface area contributed by atoms with Crippen LogP contribution in [0.25, 0.3) is 0 Å². The Kier molecular flexibility index (Phi) is 7.79. The van der Waals surface area contributed by atoms with Crippen molar-refractivity contribution in [3.63, 3.8) is 0 Å². The summed E-state index contributed by atoms with van der Waals surface area (Å²) in [7, 11) is 0. The van der Waals surface area contributed by atoms with E-state index in [-0.39, 0.29) is 18.4 Å². The van der Waals surface area contributed by atoms with Gasteiger partial charge in [-0.3, -0.25) is 9.69 Å². The number of halogens is 1. The number of hydrogen-bond acceptors (Lipinski definition) is 2. The Morgan fingerprint density at radius 1 is 1.45 bits per heavy atom. The van der Waals surface area contributed by atoms with Crippen molar-refractivity contribution >= 4 is 18.4 Å². The molecule has 1 unspecified atom stereocenters. The first-order valence-corrected chi connectivity index (χ1v) is 3.60. The highest BCUT2D eigenvalue weighted by molar-refractivity contribution is 5.85. The molecule has 0 aliphatic heterocycles. The third-order valence-corrected chi connectivity index (χ3v) is 1.72. The fourth-order valence-electron chi connectivity index (χ4n) is 0.928. The van der Waals surface area contributed by atoms with Crippen LogP contribution in [0.15, 0.2) is 0 Å². The van der Waals surface area contributed by atoms with Gasteiger partial charge in [-0.05, 0) is 20.0 Å². The van der Waals surface area contributed by atoms with E-state index in [0.29, 0.717) is 0 Å². The Hall–Kier alpha value is -0.280. The summed E-state index contributed by atoms with van der Waals surface area (Å²) < 4.78 is 0. The molecule has 0 aromatic heterocycles. The van der Waals surface area contributed by atoms with Gasteiger partial charge in [-0.25, -0.2) is 0 Å². The lowest BCUT2D eigenvalue weighted by Gasteiger charge is -2.22. The second-order valence-corrected chi connectivity index (χ2v) is 2.24. The molecule has 0 saturated heterocycles. The highest BCUT2D eigenvalue weighted by Gasteiger charge is 2.16. The number of carboxylic acid groups (broad SMARTS) is 1. The highest BCUT2D eigenvalue weighted by atomic mass is 35.5. The number of carbonyl (C=O) groups is 1. The zero-order valence-corrected chi connectivity index (χ0v) is 8.02. The predicted octanol–water partition coefficient (Wildman–Crippen LogP) is 1.22. The van der Waals surface area contributed by atoms with Crippen LogP contribution in [0, 0.1) is 0 Å². The zero-order valence-electron chi connectivity index (χ0n) is 7.20. The number of aliphatic carboxylic acids is 1. The molecule has 0 heterocycles. The van der Waals surface area contributed by atoms with Crippen LogP contribution in [0.5, 0.6) is 0 Å². The first-order chi connectivity index (χ1) is 4.63.